The molecule has 0 aliphatic rings. The highest BCUT2D eigenvalue weighted by Crippen LogP contribution is 2.23. The first-order valence-corrected chi connectivity index (χ1v) is 2.91. The number of nitriles is 1. The van der Waals surface area contributed by atoms with Gasteiger partial charge in [-0.1, -0.05) is 0 Å². The minimum absolute atomic E-state index is 0.0924. The molecule has 1 aromatic heterocycles. The van der Waals surface area contributed by atoms with E-state index < -0.39 is 12.0 Å². The quantitative estimate of drug-likeness (QED) is 0.595. The molecule has 1 heterocycles. The molecule has 0 aliphatic heterocycles. The van der Waals surface area contributed by atoms with Crippen LogP contribution >= 0.6 is 0 Å². The summed E-state index contributed by atoms with van der Waals surface area (Å²) in [7, 11) is 0. The number of hydrogen-bond acceptors (Lipinski definition) is 2. The van der Waals surface area contributed by atoms with E-state index in [2.05, 4.69) is 11.3 Å². The van der Waals surface area contributed by atoms with Crippen molar-refractivity contribution in [3.05, 3.63) is 17.5 Å². The SMILES string of the molecule is Cc1[c]nn(C(F)(F)F)c1C#N. The molecule has 0 amide bonds. The first kappa shape index (κ1) is 8.59. The maximum absolute atomic E-state index is 12.0. The number of aromatic nitrogens is 2. The molecule has 0 spiro atoms. The first-order valence-electron chi connectivity index (χ1n) is 2.91. The maximum atomic E-state index is 12.0. The standard InChI is InChI=1S/C6H3F3N3/c1-4-3-11-12(5(4)2-10)6(7,8)9/h1H3. The van der Waals surface area contributed by atoms with E-state index in [4.69, 9.17) is 5.26 Å². The molecule has 0 saturated carbocycles. The fourth-order valence-electron chi connectivity index (χ4n) is 0.701. The van der Waals surface area contributed by atoms with Gasteiger partial charge in [0.1, 0.15) is 12.3 Å². The second kappa shape index (κ2) is 2.52. The number of rotatable bonds is 0. The molecule has 3 nitrogen and oxygen atoms in total. The monoisotopic (exact) mass is 174 g/mol. The van der Waals surface area contributed by atoms with E-state index in [1.165, 1.54) is 13.0 Å². The summed E-state index contributed by atoms with van der Waals surface area (Å²) in [5, 5.41) is 11.2. The predicted octanol–water partition coefficient (Wildman–Crippen LogP) is 1.34. The third-order valence-corrected chi connectivity index (χ3v) is 1.23. The average Bonchev–Trinajstić information content (AvgIpc) is 2.29. The largest absolute Gasteiger partial charge is 0.505 e. The van der Waals surface area contributed by atoms with Gasteiger partial charge in [-0.3, -0.25) is 0 Å². The Hall–Kier alpha value is -1.51. The van der Waals surface area contributed by atoms with Gasteiger partial charge in [-0.2, -0.15) is 15.0 Å². The highest BCUT2D eigenvalue weighted by atomic mass is 19.4. The Morgan fingerprint density at radius 3 is 2.50 bits per heavy atom. The molecule has 0 fully saturated rings. The van der Waals surface area contributed by atoms with Gasteiger partial charge in [0.05, 0.1) is 0 Å². The average molecular weight is 174 g/mol. The number of hydrogen-bond donors (Lipinski definition) is 0. The summed E-state index contributed by atoms with van der Waals surface area (Å²) >= 11 is 0. The molecule has 0 N–H and O–H groups in total. The molecule has 1 aromatic rings. The smallest absolute Gasteiger partial charge is 0.191 e. The van der Waals surface area contributed by atoms with Crippen molar-refractivity contribution in [2.24, 2.45) is 0 Å². The van der Waals surface area contributed by atoms with Gasteiger partial charge < -0.3 is 0 Å². The molecule has 1 radical (unpaired) electrons. The summed E-state index contributed by atoms with van der Waals surface area (Å²) in [6.45, 7) is 1.34. The van der Waals surface area contributed by atoms with Gasteiger partial charge in [-0.15, -0.1) is 13.2 Å². The Morgan fingerprint density at radius 1 is 1.58 bits per heavy atom. The summed E-state index contributed by atoms with van der Waals surface area (Å²) in [6.07, 6.45) is -2.58. The van der Waals surface area contributed by atoms with Gasteiger partial charge in [0.2, 0.25) is 0 Å². The molecule has 12 heavy (non-hydrogen) atoms. The van der Waals surface area contributed by atoms with E-state index in [0.29, 0.717) is 0 Å². The molecular formula is C6H3F3N3. The summed E-state index contributed by atoms with van der Waals surface area (Å²) in [5.74, 6) is 0. The van der Waals surface area contributed by atoms with E-state index in [9.17, 15) is 13.2 Å². The normalized spacial score (nSPS) is 11.2. The minimum atomic E-state index is -4.64. The Balaban J connectivity index is 3.28. The molecule has 0 bridgehead atoms. The van der Waals surface area contributed by atoms with Crippen LogP contribution in [0.2, 0.25) is 0 Å². The van der Waals surface area contributed by atoms with Crippen LogP contribution in [0.4, 0.5) is 13.2 Å². The Bertz CT molecular complexity index is 331. The number of halogens is 3. The summed E-state index contributed by atoms with van der Waals surface area (Å²) in [4.78, 5) is 0. The van der Waals surface area contributed by atoms with Crippen molar-refractivity contribution in [2.75, 3.05) is 0 Å². The van der Waals surface area contributed by atoms with Crippen molar-refractivity contribution >= 4 is 0 Å². The van der Waals surface area contributed by atoms with Crippen LogP contribution in [-0.4, -0.2) is 9.78 Å². The zero-order valence-corrected chi connectivity index (χ0v) is 5.98. The van der Waals surface area contributed by atoms with E-state index in [1.54, 1.807) is 0 Å². The van der Waals surface area contributed by atoms with Crippen LogP contribution in [0.15, 0.2) is 0 Å². The topological polar surface area (TPSA) is 41.6 Å². The molecule has 63 valence electrons. The van der Waals surface area contributed by atoms with Crippen LogP contribution in [0, 0.1) is 24.5 Å². The van der Waals surface area contributed by atoms with Crippen LogP contribution in [0.1, 0.15) is 11.3 Å². The highest BCUT2D eigenvalue weighted by molar-refractivity contribution is 5.28. The van der Waals surface area contributed by atoms with Gasteiger partial charge in [0.25, 0.3) is 0 Å². The fraction of sp³-hybridized carbons (Fsp3) is 0.333. The molecule has 1 rings (SSSR count). The first-order chi connectivity index (χ1) is 5.46. The lowest BCUT2D eigenvalue weighted by Crippen LogP contribution is -2.19. The molecule has 0 saturated heterocycles. The molecule has 0 aliphatic carbocycles. The molecule has 0 aromatic carbocycles. The molecule has 6 heteroatoms. The zero-order valence-electron chi connectivity index (χ0n) is 5.98. The minimum Gasteiger partial charge on any atom is -0.191 e. The maximum Gasteiger partial charge on any atom is 0.505 e. The predicted molar refractivity (Wildman–Crippen MR) is 31.8 cm³/mol. The third kappa shape index (κ3) is 1.25. The van der Waals surface area contributed by atoms with Crippen molar-refractivity contribution in [2.45, 2.75) is 13.2 Å². The van der Waals surface area contributed by atoms with Gasteiger partial charge >= 0.3 is 6.30 Å². The Labute approximate surface area is 66.0 Å². The lowest BCUT2D eigenvalue weighted by atomic mass is 10.3. The fourth-order valence-corrected chi connectivity index (χ4v) is 0.701. The summed E-state index contributed by atoms with van der Waals surface area (Å²) < 4.78 is 35.6. The molecule has 0 atom stereocenters. The van der Waals surface area contributed by atoms with Gasteiger partial charge in [0.15, 0.2) is 5.69 Å². The van der Waals surface area contributed by atoms with Crippen LogP contribution < -0.4 is 0 Å². The number of alkyl halides is 3. The lowest BCUT2D eigenvalue weighted by Gasteiger charge is -2.05. The van der Waals surface area contributed by atoms with Crippen molar-refractivity contribution < 1.29 is 13.2 Å². The zero-order chi connectivity index (χ0) is 9.35. The second-order valence-electron chi connectivity index (χ2n) is 2.08. The van der Waals surface area contributed by atoms with Gasteiger partial charge in [0, 0.05) is 5.56 Å². The van der Waals surface area contributed by atoms with Crippen molar-refractivity contribution in [3.63, 3.8) is 0 Å². The van der Waals surface area contributed by atoms with E-state index in [1.807, 2.05) is 0 Å². The van der Waals surface area contributed by atoms with Crippen molar-refractivity contribution in [1.29, 1.82) is 5.26 Å². The highest BCUT2D eigenvalue weighted by Gasteiger charge is 2.34. The molecular weight excluding hydrogens is 171 g/mol. The van der Waals surface area contributed by atoms with Crippen LogP contribution in [0.3, 0.4) is 0 Å². The van der Waals surface area contributed by atoms with Crippen LogP contribution in [-0.2, 0) is 6.30 Å². The van der Waals surface area contributed by atoms with Gasteiger partial charge in [-0.05, 0) is 6.92 Å². The Kier molecular flexibility index (Phi) is 1.80. The Morgan fingerprint density at radius 2 is 2.17 bits per heavy atom. The van der Waals surface area contributed by atoms with Crippen LogP contribution in [0.25, 0.3) is 0 Å². The van der Waals surface area contributed by atoms with Gasteiger partial charge in [-0.25, -0.2) is 0 Å². The summed E-state index contributed by atoms with van der Waals surface area (Å²) in [6, 6.07) is 1.40. The van der Waals surface area contributed by atoms with Crippen molar-refractivity contribution in [3.8, 4) is 6.07 Å². The number of nitrogens with zero attached hydrogens (tertiary/aromatic N) is 3. The number of aryl methyl sites for hydroxylation is 1. The van der Waals surface area contributed by atoms with Crippen molar-refractivity contribution in [1.82, 2.24) is 9.78 Å². The summed E-state index contributed by atoms with van der Waals surface area (Å²) in [5.41, 5.74) is -0.433. The third-order valence-electron chi connectivity index (χ3n) is 1.23. The van der Waals surface area contributed by atoms with Crippen LogP contribution in [0.5, 0.6) is 0 Å². The lowest BCUT2D eigenvalue weighted by molar-refractivity contribution is -0.212. The van der Waals surface area contributed by atoms with E-state index in [0.717, 1.165) is 0 Å². The van der Waals surface area contributed by atoms with E-state index in [-0.39, 0.29) is 10.2 Å². The second-order valence-corrected chi connectivity index (χ2v) is 2.08. The molecule has 0 unspecified atom stereocenters. The van der Waals surface area contributed by atoms with E-state index >= 15 is 0 Å².